The molecule has 0 spiro atoms. The van der Waals surface area contributed by atoms with Crippen molar-refractivity contribution in [3.8, 4) is 0 Å². The Bertz CT molecular complexity index is 319. The van der Waals surface area contributed by atoms with Crippen molar-refractivity contribution in [3.63, 3.8) is 0 Å². The first-order valence-electron chi connectivity index (χ1n) is 7.33. The van der Waals surface area contributed by atoms with Crippen LogP contribution < -0.4 is 5.32 Å². The van der Waals surface area contributed by atoms with Crippen molar-refractivity contribution >= 4 is 5.97 Å². The van der Waals surface area contributed by atoms with Crippen molar-refractivity contribution in [1.29, 1.82) is 0 Å². The summed E-state index contributed by atoms with van der Waals surface area (Å²) in [4.78, 5) is 11.7. The summed E-state index contributed by atoms with van der Waals surface area (Å²) in [5.74, 6) is -0.438. The number of ether oxygens (including phenoxy) is 1. The molecule has 4 nitrogen and oxygen atoms in total. The summed E-state index contributed by atoms with van der Waals surface area (Å²) in [6, 6.07) is 0.411. The molecule has 0 heterocycles. The van der Waals surface area contributed by atoms with Gasteiger partial charge in [-0.3, -0.25) is 10.1 Å². The number of rotatable bonds is 7. The highest BCUT2D eigenvalue weighted by Crippen LogP contribution is 2.42. The minimum absolute atomic E-state index is 0.275. The fourth-order valence-corrected chi connectivity index (χ4v) is 3.05. The Labute approximate surface area is 108 Å². The molecule has 0 aliphatic heterocycles. The summed E-state index contributed by atoms with van der Waals surface area (Å²) in [7, 11) is 0. The molecule has 1 unspecified atom stereocenters. The van der Waals surface area contributed by atoms with Gasteiger partial charge in [-0.25, -0.2) is 0 Å². The highest BCUT2D eigenvalue weighted by molar-refractivity contribution is 5.80. The molecule has 0 aromatic carbocycles. The third-order valence-electron chi connectivity index (χ3n) is 4.54. The molecule has 4 heteroatoms. The second-order valence-electron chi connectivity index (χ2n) is 6.19. The van der Waals surface area contributed by atoms with Gasteiger partial charge in [-0.1, -0.05) is 12.8 Å². The third-order valence-corrected chi connectivity index (χ3v) is 4.54. The number of hydrogen-bond donors (Lipinski definition) is 2. The molecule has 3 aliphatic carbocycles. The van der Waals surface area contributed by atoms with Crippen molar-refractivity contribution in [3.05, 3.63) is 0 Å². The molecule has 0 amide bonds. The van der Waals surface area contributed by atoms with E-state index in [1.165, 1.54) is 12.8 Å². The number of nitrogens with one attached hydrogen (secondary N) is 1. The zero-order valence-electron chi connectivity index (χ0n) is 10.9. The van der Waals surface area contributed by atoms with Gasteiger partial charge in [0.1, 0.15) is 5.54 Å². The second-order valence-corrected chi connectivity index (χ2v) is 6.19. The molecule has 18 heavy (non-hydrogen) atoms. The Kier molecular flexibility index (Phi) is 3.32. The van der Waals surface area contributed by atoms with Crippen LogP contribution in [0.15, 0.2) is 0 Å². The summed E-state index contributed by atoms with van der Waals surface area (Å²) in [6.45, 7) is 0.355. The molecular weight excluding hydrogens is 230 g/mol. The van der Waals surface area contributed by atoms with Crippen LogP contribution in [0.5, 0.6) is 0 Å². The number of carboxylic acids is 1. The molecule has 3 rings (SSSR count). The van der Waals surface area contributed by atoms with Gasteiger partial charge in [0.15, 0.2) is 0 Å². The van der Waals surface area contributed by atoms with Crippen LogP contribution in [0.1, 0.15) is 51.4 Å². The molecule has 2 N–H and O–H groups in total. The molecule has 0 aromatic rings. The largest absolute Gasteiger partial charge is 0.480 e. The molecular formula is C14H23NO3. The van der Waals surface area contributed by atoms with Gasteiger partial charge in [-0.15, -0.1) is 0 Å². The third kappa shape index (κ3) is 2.54. The first kappa shape index (κ1) is 12.4. The number of hydrogen-bond acceptors (Lipinski definition) is 3. The van der Waals surface area contributed by atoms with Gasteiger partial charge in [0.25, 0.3) is 0 Å². The van der Waals surface area contributed by atoms with Crippen LogP contribution in [-0.2, 0) is 9.53 Å². The number of aliphatic carboxylic acids is 1. The van der Waals surface area contributed by atoms with Gasteiger partial charge in [0, 0.05) is 6.04 Å². The smallest absolute Gasteiger partial charge is 0.326 e. The van der Waals surface area contributed by atoms with Crippen LogP contribution in [0, 0.1) is 5.92 Å². The zero-order chi connectivity index (χ0) is 12.6. The second kappa shape index (κ2) is 4.82. The van der Waals surface area contributed by atoms with Crippen LogP contribution in [-0.4, -0.2) is 35.4 Å². The molecule has 0 radical (unpaired) electrons. The van der Waals surface area contributed by atoms with E-state index < -0.39 is 11.5 Å². The molecule has 0 bridgehead atoms. The molecule has 3 aliphatic rings. The van der Waals surface area contributed by atoms with Crippen molar-refractivity contribution in [1.82, 2.24) is 5.32 Å². The number of carbonyl (C=O) groups is 1. The Hall–Kier alpha value is -0.610. The van der Waals surface area contributed by atoms with Gasteiger partial charge in [0.05, 0.1) is 12.7 Å². The SMILES string of the molecule is O=C(O)C(COC1CCCC1)(NC1CC1)C1CC1. The van der Waals surface area contributed by atoms with Crippen LogP contribution >= 0.6 is 0 Å². The Morgan fingerprint density at radius 2 is 1.83 bits per heavy atom. The molecule has 1 atom stereocenters. The standard InChI is InChI=1S/C14H23NO3/c16-13(17)14(10-5-6-10,15-11-7-8-11)9-18-12-3-1-2-4-12/h10-12,15H,1-9H2,(H,16,17). The van der Waals surface area contributed by atoms with Gasteiger partial charge in [-0.05, 0) is 44.4 Å². The molecule has 3 fully saturated rings. The van der Waals surface area contributed by atoms with E-state index in [-0.39, 0.29) is 5.92 Å². The molecule has 0 aromatic heterocycles. The van der Waals surface area contributed by atoms with Gasteiger partial charge in [0.2, 0.25) is 0 Å². The van der Waals surface area contributed by atoms with E-state index in [1.54, 1.807) is 0 Å². The highest BCUT2D eigenvalue weighted by Gasteiger charge is 2.53. The van der Waals surface area contributed by atoms with E-state index in [9.17, 15) is 9.90 Å². The summed E-state index contributed by atoms with van der Waals surface area (Å²) in [5, 5.41) is 13.0. The van der Waals surface area contributed by atoms with Gasteiger partial charge < -0.3 is 9.84 Å². The highest BCUT2D eigenvalue weighted by atomic mass is 16.5. The Balaban J connectivity index is 1.64. The zero-order valence-corrected chi connectivity index (χ0v) is 10.9. The average molecular weight is 253 g/mol. The summed E-state index contributed by atoms with van der Waals surface area (Å²) in [5.41, 5.74) is -0.802. The monoisotopic (exact) mass is 253 g/mol. The maximum absolute atomic E-state index is 11.7. The fraction of sp³-hybridized carbons (Fsp3) is 0.929. The first-order chi connectivity index (χ1) is 8.71. The van der Waals surface area contributed by atoms with E-state index in [4.69, 9.17) is 4.74 Å². The van der Waals surface area contributed by atoms with Crippen molar-refractivity contribution in [2.45, 2.75) is 69.1 Å². The predicted octanol–water partition coefficient (Wildman–Crippen LogP) is 1.93. The topological polar surface area (TPSA) is 58.6 Å². The van der Waals surface area contributed by atoms with E-state index in [0.717, 1.165) is 38.5 Å². The van der Waals surface area contributed by atoms with Crippen molar-refractivity contribution < 1.29 is 14.6 Å². The van der Waals surface area contributed by atoms with Crippen LogP contribution in [0.3, 0.4) is 0 Å². The van der Waals surface area contributed by atoms with Crippen LogP contribution in [0.25, 0.3) is 0 Å². The van der Waals surface area contributed by atoms with Gasteiger partial charge >= 0.3 is 5.97 Å². The normalized spacial score (nSPS) is 28.2. The molecule has 102 valence electrons. The lowest BCUT2D eigenvalue weighted by molar-refractivity contribution is -0.150. The lowest BCUT2D eigenvalue weighted by atomic mass is 9.94. The van der Waals surface area contributed by atoms with Gasteiger partial charge in [-0.2, -0.15) is 0 Å². The average Bonchev–Trinajstić information content (AvgIpc) is 3.25. The maximum Gasteiger partial charge on any atom is 0.326 e. The Morgan fingerprint density at radius 1 is 1.17 bits per heavy atom. The van der Waals surface area contributed by atoms with E-state index in [2.05, 4.69) is 5.32 Å². The number of carboxylic acid groups (broad SMARTS) is 1. The van der Waals surface area contributed by atoms with E-state index in [0.29, 0.717) is 18.8 Å². The predicted molar refractivity (Wildman–Crippen MR) is 67.5 cm³/mol. The Morgan fingerprint density at radius 3 is 2.33 bits per heavy atom. The van der Waals surface area contributed by atoms with Crippen molar-refractivity contribution in [2.24, 2.45) is 5.92 Å². The van der Waals surface area contributed by atoms with E-state index >= 15 is 0 Å². The molecule has 0 saturated heterocycles. The van der Waals surface area contributed by atoms with Crippen LogP contribution in [0.2, 0.25) is 0 Å². The van der Waals surface area contributed by atoms with Crippen LogP contribution in [0.4, 0.5) is 0 Å². The first-order valence-corrected chi connectivity index (χ1v) is 7.33. The minimum atomic E-state index is -0.802. The fourth-order valence-electron chi connectivity index (χ4n) is 3.05. The lowest BCUT2D eigenvalue weighted by Crippen LogP contribution is -2.58. The quantitative estimate of drug-likeness (QED) is 0.728. The summed E-state index contributed by atoms with van der Waals surface area (Å²) in [6.07, 6.45) is 9.24. The minimum Gasteiger partial charge on any atom is -0.480 e. The van der Waals surface area contributed by atoms with E-state index in [1.807, 2.05) is 0 Å². The summed E-state index contributed by atoms with van der Waals surface area (Å²) < 4.78 is 5.92. The molecule has 3 saturated carbocycles. The van der Waals surface area contributed by atoms with Crippen molar-refractivity contribution in [2.75, 3.05) is 6.61 Å². The maximum atomic E-state index is 11.7. The summed E-state index contributed by atoms with van der Waals surface area (Å²) >= 11 is 0. The lowest BCUT2D eigenvalue weighted by Gasteiger charge is -2.32.